The fourth-order valence-corrected chi connectivity index (χ4v) is 4.48. The van der Waals surface area contributed by atoms with Crippen LogP contribution in [0.25, 0.3) is 11.4 Å². The highest BCUT2D eigenvalue weighted by Gasteiger charge is 2.27. The Hall–Kier alpha value is -2.81. The number of nitrogens with zero attached hydrogens (tertiary/aromatic N) is 3. The fourth-order valence-electron chi connectivity index (χ4n) is 4.01. The molecule has 0 aliphatic carbocycles. The van der Waals surface area contributed by atoms with Crippen LogP contribution in [0.1, 0.15) is 24.3 Å². The first-order valence-electron chi connectivity index (χ1n) is 11.0. The van der Waals surface area contributed by atoms with Crippen molar-refractivity contribution in [3.05, 3.63) is 57.9 Å². The molecule has 4 rings (SSSR count). The van der Waals surface area contributed by atoms with Gasteiger partial charge in [-0.15, -0.1) is 0 Å². The van der Waals surface area contributed by atoms with Gasteiger partial charge in [-0.1, -0.05) is 34.4 Å². The molecule has 1 unspecified atom stereocenters. The quantitative estimate of drug-likeness (QED) is 0.479. The number of likely N-dealkylation sites (tertiary alicyclic amines) is 1. The lowest BCUT2D eigenvalue weighted by Gasteiger charge is -2.30. The van der Waals surface area contributed by atoms with Crippen molar-refractivity contribution < 1.29 is 18.8 Å². The first-order chi connectivity index (χ1) is 16.5. The molecule has 34 heavy (non-hydrogen) atoms. The van der Waals surface area contributed by atoms with E-state index in [4.69, 9.17) is 37.2 Å². The van der Waals surface area contributed by atoms with Crippen LogP contribution in [0, 0.1) is 5.92 Å². The summed E-state index contributed by atoms with van der Waals surface area (Å²) in [6.07, 6.45) is 1.74. The second kappa shape index (κ2) is 11.1. The molecule has 180 valence electrons. The highest BCUT2D eigenvalue weighted by atomic mass is 35.5. The number of ether oxygens (including phenoxy) is 2. The summed E-state index contributed by atoms with van der Waals surface area (Å²) in [4.78, 5) is 19.5. The summed E-state index contributed by atoms with van der Waals surface area (Å²) >= 11 is 12.2. The van der Waals surface area contributed by atoms with E-state index >= 15 is 0 Å². The summed E-state index contributed by atoms with van der Waals surface area (Å²) in [5, 5.41) is 8.21. The molecule has 1 amide bonds. The zero-order valence-corrected chi connectivity index (χ0v) is 20.5. The smallest absolute Gasteiger partial charge is 0.241 e. The number of amides is 1. The number of aromatic nitrogens is 2. The van der Waals surface area contributed by atoms with Crippen LogP contribution in [-0.2, 0) is 17.9 Å². The number of piperidine rings is 1. The lowest BCUT2D eigenvalue weighted by Crippen LogP contribution is -2.42. The Morgan fingerprint density at radius 2 is 2.00 bits per heavy atom. The van der Waals surface area contributed by atoms with E-state index in [1.54, 1.807) is 32.4 Å². The van der Waals surface area contributed by atoms with Crippen molar-refractivity contribution in [3.63, 3.8) is 0 Å². The number of methoxy groups -OCH3 is 2. The first kappa shape index (κ1) is 24.3. The molecule has 8 nitrogen and oxygen atoms in total. The second-order valence-electron chi connectivity index (χ2n) is 8.11. The molecule has 2 heterocycles. The second-order valence-corrected chi connectivity index (χ2v) is 8.95. The van der Waals surface area contributed by atoms with Crippen LogP contribution < -0.4 is 14.8 Å². The minimum Gasteiger partial charge on any atom is -0.493 e. The van der Waals surface area contributed by atoms with Crippen molar-refractivity contribution in [1.82, 2.24) is 20.4 Å². The van der Waals surface area contributed by atoms with Gasteiger partial charge < -0.3 is 19.3 Å². The fraction of sp³-hybridized carbons (Fsp3) is 0.375. The zero-order chi connectivity index (χ0) is 24.1. The molecule has 3 aromatic rings. The maximum Gasteiger partial charge on any atom is 0.241 e. The molecule has 1 aromatic heterocycles. The van der Waals surface area contributed by atoms with E-state index in [1.807, 2.05) is 18.2 Å². The molecule has 1 aliphatic rings. The molecule has 1 atom stereocenters. The highest BCUT2D eigenvalue weighted by Crippen LogP contribution is 2.31. The largest absolute Gasteiger partial charge is 0.493 e. The predicted molar refractivity (Wildman–Crippen MR) is 129 cm³/mol. The molecule has 0 spiro atoms. The molecule has 1 saturated heterocycles. The lowest BCUT2D eigenvalue weighted by atomic mass is 9.97. The Morgan fingerprint density at radius 1 is 1.18 bits per heavy atom. The van der Waals surface area contributed by atoms with Crippen molar-refractivity contribution in [1.29, 1.82) is 0 Å². The van der Waals surface area contributed by atoms with Gasteiger partial charge >= 0.3 is 0 Å². The SMILES string of the molecule is COc1ccc(-c2noc(CN3CCCC(C(=O)NCc4ccc(Cl)cc4Cl)C3)n2)cc1OC. The number of carbonyl (C=O) groups excluding carboxylic acids is 1. The number of carbonyl (C=O) groups is 1. The maximum atomic E-state index is 12.8. The van der Waals surface area contributed by atoms with Crippen molar-refractivity contribution >= 4 is 29.1 Å². The van der Waals surface area contributed by atoms with Crippen LogP contribution in [0.4, 0.5) is 0 Å². The van der Waals surface area contributed by atoms with Crippen LogP contribution >= 0.6 is 23.2 Å². The van der Waals surface area contributed by atoms with Crippen molar-refractivity contribution in [3.8, 4) is 22.9 Å². The molecular weight excluding hydrogens is 479 g/mol. The number of halogens is 2. The molecule has 2 aromatic carbocycles. The summed E-state index contributed by atoms with van der Waals surface area (Å²) in [5.41, 5.74) is 1.60. The van der Waals surface area contributed by atoms with E-state index < -0.39 is 0 Å². The Kier molecular flexibility index (Phi) is 7.92. The Balaban J connectivity index is 1.34. The summed E-state index contributed by atoms with van der Waals surface area (Å²) in [6, 6.07) is 10.7. The topological polar surface area (TPSA) is 89.7 Å². The van der Waals surface area contributed by atoms with Gasteiger partial charge in [0.25, 0.3) is 0 Å². The van der Waals surface area contributed by atoms with E-state index in [1.165, 1.54) is 0 Å². The summed E-state index contributed by atoms with van der Waals surface area (Å²) in [7, 11) is 3.17. The third-order valence-corrected chi connectivity index (χ3v) is 6.40. The van der Waals surface area contributed by atoms with Gasteiger partial charge in [0.1, 0.15) is 0 Å². The molecule has 10 heteroatoms. The molecule has 0 saturated carbocycles. The molecule has 0 bridgehead atoms. The third kappa shape index (κ3) is 5.81. The van der Waals surface area contributed by atoms with E-state index in [2.05, 4.69) is 20.4 Å². The van der Waals surface area contributed by atoms with Crippen LogP contribution in [0.2, 0.25) is 10.0 Å². The summed E-state index contributed by atoms with van der Waals surface area (Å²) in [5.74, 6) is 2.09. The molecule has 0 radical (unpaired) electrons. The number of rotatable bonds is 8. The van der Waals surface area contributed by atoms with Gasteiger partial charge in [-0.25, -0.2) is 0 Å². The van der Waals surface area contributed by atoms with Crippen molar-refractivity contribution in [2.75, 3.05) is 27.3 Å². The van der Waals surface area contributed by atoms with E-state index in [9.17, 15) is 4.79 Å². The monoisotopic (exact) mass is 504 g/mol. The molecule has 1 N–H and O–H groups in total. The number of hydrogen-bond donors (Lipinski definition) is 1. The van der Waals surface area contributed by atoms with E-state index in [0.29, 0.717) is 52.9 Å². The maximum absolute atomic E-state index is 12.8. The van der Waals surface area contributed by atoms with Crippen LogP contribution in [0.3, 0.4) is 0 Å². The third-order valence-electron chi connectivity index (χ3n) is 5.81. The van der Waals surface area contributed by atoms with Crippen molar-refractivity contribution in [2.24, 2.45) is 5.92 Å². The Labute approximate surface area is 208 Å². The van der Waals surface area contributed by atoms with Gasteiger partial charge in [0.15, 0.2) is 11.5 Å². The number of nitrogens with one attached hydrogen (secondary N) is 1. The zero-order valence-electron chi connectivity index (χ0n) is 19.0. The summed E-state index contributed by atoms with van der Waals surface area (Å²) < 4.78 is 16.1. The standard InChI is InChI=1S/C24H26Cl2N4O4/c1-32-20-8-6-15(10-21(20)33-2)23-28-22(34-29-23)14-30-9-3-4-17(13-30)24(31)27-12-16-5-7-18(25)11-19(16)26/h5-8,10-11,17H,3-4,9,12-14H2,1-2H3,(H,27,31). The predicted octanol–water partition coefficient (Wildman–Crippen LogP) is 4.59. The van der Waals surface area contributed by atoms with Gasteiger partial charge in [0.05, 0.1) is 26.7 Å². The van der Waals surface area contributed by atoms with Crippen molar-refractivity contribution in [2.45, 2.75) is 25.9 Å². The lowest BCUT2D eigenvalue weighted by molar-refractivity contribution is -0.127. The van der Waals surface area contributed by atoms with Gasteiger partial charge in [-0.05, 0) is 55.3 Å². The average Bonchev–Trinajstić information content (AvgIpc) is 3.31. The van der Waals surface area contributed by atoms with E-state index in [0.717, 1.165) is 30.5 Å². The Morgan fingerprint density at radius 3 is 2.76 bits per heavy atom. The molecular formula is C24H26Cl2N4O4. The highest BCUT2D eigenvalue weighted by molar-refractivity contribution is 6.35. The van der Waals surface area contributed by atoms with Gasteiger partial charge in [-0.2, -0.15) is 4.98 Å². The first-order valence-corrected chi connectivity index (χ1v) is 11.7. The Bertz CT molecular complexity index is 1150. The van der Waals surface area contributed by atoms with Gasteiger partial charge in [-0.3, -0.25) is 9.69 Å². The molecule has 1 aliphatic heterocycles. The van der Waals surface area contributed by atoms with E-state index in [-0.39, 0.29) is 11.8 Å². The average molecular weight is 505 g/mol. The minimum atomic E-state index is -0.118. The van der Waals surface area contributed by atoms with Crippen LogP contribution in [-0.4, -0.2) is 48.3 Å². The normalized spacial score (nSPS) is 16.3. The van der Waals surface area contributed by atoms with Crippen LogP contribution in [0.5, 0.6) is 11.5 Å². The van der Waals surface area contributed by atoms with Gasteiger partial charge in [0.2, 0.25) is 17.6 Å². The number of hydrogen-bond acceptors (Lipinski definition) is 7. The molecule has 1 fully saturated rings. The van der Waals surface area contributed by atoms with Gasteiger partial charge in [0, 0.05) is 28.7 Å². The minimum absolute atomic E-state index is 0.00672. The summed E-state index contributed by atoms with van der Waals surface area (Å²) in [6.45, 7) is 2.33. The number of benzene rings is 2. The van der Waals surface area contributed by atoms with Crippen LogP contribution in [0.15, 0.2) is 40.9 Å².